The summed E-state index contributed by atoms with van der Waals surface area (Å²) in [6.07, 6.45) is 7.29. The van der Waals surface area contributed by atoms with Crippen molar-refractivity contribution < 1.29 is 9.32 Å². The highest BCUT2D eigenvalue weighted by atomic mass is 16.5. The summed E-state index contributed by atoms with van der Waals surface area (Å²) < 4.78 is 5.25. The lowest BCUT2D eigenvalue weighted by molar-refractivity contribution is -0.122. The number of nitrogens with zero attached hydrogens (tertiary/aromatic N) is 3. The lowest BCUT2D eigenvalue weighted by Crippen LogP contribution is -2.31. The monoisotopic (exact) mass is 348 g/mol. The number of benzene rings is 1. The summed E-state index contributed by atoms with van der Waals surface area (Å²) >= 11 is 0. The Morgan fingerprint density at radius 1 is 1.23 bits per heavy atom. The van der Waals surface area contributed by atoms with Gasteiger partial charge in [-0.2, -0.15) is 4.98 Å². The first-order valence-electron chi connectivity index (χ1n) is 8.90. The van der Waals surface area contributed by atoms with Crippen molar-refractivity contribution in [2.45, 2.75) is 38.1 Å². The molecular formula is C20H20N4O2. The minimum Gasteiger partial charge on any atom is -0.349 e. The maximum Gasteiger partial charge on any atom is 0.227 e. The van der Waals surface area contributed by atoms with E-state index in [0.717, 1.165) is 24.8 Å². The molecule has 1 aliphatic rings. The molecule has 2 heterocycles. The van der Waals surface area contributed by atoms with E-state index in [1.807, 2.05) is 18.2 Å². The molecule has 0 fully saturated rings. The van der Waals surface area contributed by atoms with E-state index in [1.165, 1.54) is 11.1 Å². The predicted molar refractivity (Wildman–Crippen MR) is 96.1 cm³/mol. The molecule has 2 aromatic heterocycles. The number of rotatable bonds is 5. The third kappa shape index (κ3) is 3.64. The van der Waals surface area contributed by atoms with E-state index in [0.29, 0.717) is 24.6 Å². The average Bonchev–Trinajstić information content (AvgIpc) is 3.17. The third-order valence-corrected chi connectivity index (χ3v) is 4.66. The minimum absolute atomic E-state index is 0.00725. The summed E-state index contributed by atoms with van der Waals surface area (Å²) in [5.74, 6) is 0.964. The number of pyridine rings is 1. The molecule has 1 atom stereocenters. The summed E-state index contributed by atoms with van der Waals surface area (Å²) in [5.41, 5.74) is 3.37. The van der Waals surface area contributed by atoms with Crippen LogP contribution in [-0.4, -0.2) is 21.0 Å². The molecule has 4 rings (SSSR count). The number of hydrogen-bond acceptors (Lipinski definition) is 5. The van der Waals surface area contributed by atoms with Crippen molar-refractivity contribution >= 4 is 5.91 Å². The molecule has 0 saturated heterocycles. The molecule has 0 bridgehead atoms. The Kier molecular flexibility index (Phi) is 4.73. The van der Waals surface area contributed by atoms with E-state index in [1.54, 1.807) is 12.4 Å². The Balaban J connectivity index is 1.35. The van der Waals surface area contributed by atoms with E-state index in [-0.39, 0.29) is 11.9 Å². The normalized spacial score (nSPS) is 16.1. The number of aryl methyl sites for hydroxylation is 2. The van der Waals surface area contributed by atoms with Crippen LogP contribution < -0.4 is 5.32 Å². The van der Waals surface area contributed by atoms with Crippen molar-refractivity contribution in [3.05, 3.63) is 65.8 Å². The number of carbonyl (C=O) groups is 1. The predicted octanol–water partition coefficient (Wildman–Crippen LogP) is 3.26. The second kappa shape index (κ2) is 7.47. The van der Waals surface area contributed by atoms with Gasteiger partial charge in [-0.05, 0) is 42.5 Å². The van der Waals surface area contributed by atoms with Gasteiger partial charge in [-0.15, -0.1) is 0 Å². The maximum absolute atomic E-state index is 12.4. The van der Waals surface area contributed by atoms with E-state index in [2.05, 4.69) is 38.6 Å². The first kappa shape index (κ1) is 16.4. The van der Waals surface area contributed by atoms with Gasteiger partial charge in [-0.1, -0.05) is 29.4 Å². The van der Waals surface area contributed by atoms with Crippen molar-refractivity contribution in [2.75, 3.05) is 0 Å². The second-order valence-corrected chi connectivity index (χ2v) is 6.46. The zero-order valence-electron chi connectivity index (χ0n) is 14.4. The summed E-state index contributed by atoms with van der Waals surface area (Å²) in [7, 11) is 0. The van der Waals surface area contributed by atoms with Crippen LogP contribution in [0, 0.1) is 0 Å². The highest BCUT2D eigenvalue weighted by Gasteiger charge is 2.21. The molecule has 1 N–H and O–H groups in total. The summed E-state index contributed by atoms with van der Waals surface area (Å²) in [5, 5.41) is 7.10. The molecule has 1 aliphatic carbocycles. The van der Waals surface area contributed by atoms with Crippen LogP contribution in [0.25, 0.3) is 11.4 Å². The van der Waals surface area contributed by atoms with Gasteiger partial charge in [0.1, 0.15) is 0 Å². The van der Waals surface area contributed by atoms with Gasteiger partial charge in [0.05, 0.1) is 6.04 Å². The molecule has 0 saturated carbocycles. The zero-order chi connectivity index (χ0) is 17.8. The van der Waals surface area contributed by atoms with Gasteiger partial charge in [0.25, 0.3) is 0 Å². The molecule has 6 nitrogen and oxygen atoms in total. The van der Waals surface area contributed by atoms with E-state index in [9.17, 15) is 4.79 Å². The fraction of sp³-hybridized carbons (Fsp3) is 0.300. The molecular weight excluding hydrogens is 328 g/mol. The molecule has 0 radical (unpaired) electrons. The van der Waals surface area contributed by atoms with Gasteiger partial charge in [-0.25, -0.2) is 0 Å². The van der Waals surface area contributed by atoms with Crippen LogP contribution in [-0.2, 0) is 17.6 Å². The lowest BCUT2D eigenvalue weighted by Gasteiger charge is -2.26. The van der Waals surface area contributed by atoms with Gasteiger partial charge in [0.15, 0.2) is 0 Å². The maximum atomic E-state index is 12.4. The lowest BCUT2D eigenvalue weighted by atomic mass is 9.87. The quantitative estimate of drug-likeness (QED) is 0.765. The molecule has 26 heavy (non-hydrogen) atoms. The smallest absolute Gasteiger partial charge is 0.227 e. The number of amides is 1. The Morgan fingerprint density at radius 2 is 2.15 bits per heavy atom. The van der Waals surface area contributed by atoms with Crippen LogP contribution >= 0.6 is 0 Å². The first-order chi connectivity index (χ1) is 12.8. The zero-order valence-corrected chi connectivity index (χ0v) is 14.4. The number of hydrogen-bond donors (Lipinski definition) is 1. The second-order valence-electron chi connectivity index (χ2n) is 6.46. The van der Waals surface area contributed by atoms with Crippen molar-refractivity contribution in [2.24, 2.45) is 0 Å². The Labute approximate surface area is 151 Å². The van der Waals surface area contributed by atoms with Gasteiger partial charge < -0.3 is 9.84 Å². The summed E-state index contributed by atoms with van der Waals surface area (Å²) in [6, 6.07) is 12.1. The molecule has 0 spiro atoms. The first-order valence-corrected chi connectivity index (χ1v) is 8.90. The molecule has 6 heteroatoms. The number of carbonyl (C=O) groups excluding carboxylic acids is 1. The van der Waals surface area contributed by atoms with E-state index >= 15 is 0 Å². The van der Waals surface area contributed by atoms with Crippen LogP contribution in [0.2, 0.25) is 0 Å². The Bertz CT molecular complexity index is 892. The highest BCUT2D eigenvalue weighted by molar-refractivity contribution is 5.76. The van der Waals surface area contributed by atoms with Crippen LogP contribution in [0.1, 0.15) is 42.3 Å². The Morgan fingerprint density at radius 3 is 3.04 bits per heavy atom. The number of fused-ring (bicyclic) bond motifs is 1. The average molecular weight is 348 g/mol. The van der Waals surface area contributed by atoms with Crippen LogP contribution in [0.3, 0.4) is 0 Å². The summed E-state index contributed by atoms with van der Waals surface area (Å²) in [4.78, 5) is 20.7. The molecule has 132 valence electrons. The van der Waals surface area contributed by atoms with Gasteiger partial charge in [0.2, 0.25) is 17.6 Å². The number of aromatic nitrogens is 3. The van der Waals surface area contributed by atoms with Gasteiger partial charge >= 0.3 is 0 Å². The molecule has 1 aromatic carbocycles. The topological polar surface area (TPSA) is 80.9 Å². The van der Waals surface area contributed by atoms with Gasteiger partial charge in [0, 0.05) is 30.8 Å². The highest BCUT2D eigenvalue weighted by Crippen LogP contribution is 2.29. The van der Waals surface area contributed by atoms with Crippen molar-refractivity contribution in [3.8, 4) is 11.4 Å². The largest absolute Gasteiger partial charge is 0.349 e. The fourth-order valence-corrected chi connectivity index (χ4v) is 3.36. The third-order valence-electron chi connectivity index (χ3n) is 4.66. The van der Waals surface area contributed by atoms with Crippen LogP contribution in [0.15, 0.2) is 53.3 Å². The summed E-state index contributed by atoms with van der Waals surface area (Å²) in [6.45, 7) is 0. The van der Waals surface area contributed by atoms with Crippen molar-refractivity contribution in [1.82, 2.24) is 20.4 Å². The molecule has 3 aromatic rings. The standard InChI is InChI=1S/C20H20N4O2/c25-18(22-17-9-3-6-14-5-1-2-8-16(14)17)10-11-19-23-20(24-26-19)15-7-4-12-21-13-15/h1-2,4-5,7-8,12-13,17H,3,6,9-11H2,(H,22,25). The van der Waals surface area contributed by atoms with Crippen LogP contribution in [0.5, 0.6) is 0 Å². The fourth-order valence-electron chi connectivity index (χ4n) is 3.36. The number of nitrogens with one attached hydrogen (secondary N) is 1. The van der Waals surface area contributed by atoms with Crippen LogP contribution in [0.4, 0.5) is 0 Å². The van der Waals surface area contributed by atoms with E-state index in [4.69, 9.17) is 4.52 Å². The minimum atomic E-state index is 0.00725. The Hall–Kier alpha value is -3.02. The van der Waals surface area contributed by atoms with Crippen molar-refractivity contribution in [1.29, 1.82) is 0 Å². The van der Waals surface area contributed by atoms with E-state index < -0.39 is 0 Å². The molecule has 0 aliphatic heterocycles. The molecule has 1 amide bonds. The SMILES string of the molecule is O=C(CCc1nc(-c2cccnc2)no1)NC1CCCc2ccccc21. The van der Waals surface area contributed by atoms with Gasteiger partial charge in [-0.3, -0.25) is 9.78 Å². The molecule has 1 unspecified atom stereocenters. The van der Waals surface area contributed by atoms with Crippen molar-refractivity contribution in [3.63, 3.8) is 0 Å².